The first-order chi connectivity index (χ1) is 30.7. The minimum Gasteiger partial charge on any atom is -0.496 e. The van der Waals surface area contributed by atoms with E-state index in [1.165, 1.54) is 11.3 Å². The number of carbonyl (C=O) groups excluding carboxylic acids is 5. The second kappa shape index (κ2) is 17.4. The lowest BCUT2D eigenvalue weighted by molar-refractivity contribution is -0.136. The number of thiophene rings is 1. The van der Waals surface area contributed by atoms with Crippen LogP contribution in [0.15, 0.2) is 47.4 Å². The van der Waals surface area contributed by atoms with Crippen molar-refractivity contribution < 1.29 is 33.4 Å². The fourth-order valence-electron chi connectivity index (χ4n) is 10.5. The molecule has 2 aromatic carbocycles. The Morgan fingerprint density at radius 2 is 1.59 bits per heavy atom. The SMILES string of the molecule is COc1cc(-c2cn(C)c(=O)c3cc(C(=O)NC4CCC5(CCN(CCN6CCN(c7ccc8c(c7)C(=O)N(C7CCC(=O)NC7=O)C8=O)CC6)C5)C4)sc23)cc(OC)c1CN(C)C. The van der Waals surface area contributed by atoms with Crippen LogP contribution in [0.3, 0.4) is 0 Å². The van der Waals surface area contributed by atoms with Crippen molar-refractivity contribution in [3.8, 4) is 22.6 Å². The van der Waals surface area contributed by atoms with E-state index < -0.39 is 29.7 Å². The average Bonchev–Trinajstić information content (AvgIpc) is 4.07. The summed E-state index contributed by atoms with van der Waals surface area (Å²) in [5.74, 6) is -0.754. The van der Waals surface area contributed by atoms with E-state index in [9.17, 15) is 28.8 Å². The first kappa shape index (κ1) is 43.6. The minimum atomic E-state index is -0.981. The van der Waals surface area contributed by atoms with Gasteiger partial charge < -0.3 is 34.1 Å². The van der Waals surface area contributed by atoms with Gasteiger partial charge in [-0.3, -0.25) is 43.9 Å². The van der Waals surface area contributed by atoms with Crippen LogP contribution in [0.2, 0.25) is 0 Å². The molecular formula is C47H56N8O8S. The molecule has 5 amide bonds. The number of nitrogens with zero attached hydrogens (tertiary/aromatic N) is 6. The third-order valence-corrected chi connectivity index (χ3v) is 15.1. The van der Waals surface area contributed by atoms with Gasteiger partial charge >= 0.3 is 0 Å². The molecule has 1 saturated carbocycles. The lowest BCUT2D eigenvalue weighted by Gasteiger charge is -2.37. The molecule has 9 rings (SSSR count). The number of nitrogens with one attached hydrogen (secondary N) is 2. The molecule has 3 unspecified atom stereocenters. The van der Waals surface area contributed by atoms with Gasteiger partial charge in [0.15, 0.2) is 0 Å². The minimum absolute atomic E-state index is 0.0685. The predicted octanol–water partition coefficient (Wildman–Crippen LogP) is 3.54. The molecule has 0 radical (unpaired) electrons. The number of ether oxygens (including phenoxy) is 2. The highest BCUT2D eigenvalue weighted by atomic mass is 32.1. The van der Waals surface area contributed by atoms with Crippen LogP contribution in [0.1, 0.15) is 74.5 Å². The monoisotopic (exact) mass is 892 g/mol. The molecule has 0 bridgehead atoms. The predicted molar refractivity (Wildman–Crippen MR) is 243 cm³/mol. The molecule has 4 aliphatic heterocycles. The number of piperidine rings is 1. The van der Waals surface area contributed by atoms with Gasteiger partial charge in [0, 0.05) is 94.0 Å². The van der Waals surface area contributed by atoms with Crippen molar-refractivity contribution in [1.29, 1.82) is 0 Å². The number of aromatic nitrogens is 1. The van der Waals surface area contributed by atoms with Gasteiger partial charge in [0.25, 0.3) is 23.3 Å². The number of anilines is 1. The van der Waals surface area contributed by atoms with Crippen LogP contribution in [-0.2, 0) is 23.2 Å². The normalized spacial score (nSPS) is 22.9. The molecule has 17 heteroatoms. The summed E-state index contributed by atoms with van der Waals surface area (Å²) >= 11 is 1.35. The second-order valence-corrected chi connectivity index (χ2v) is 19.4. The van der Waals surface area contributed by atoms with Crippen molar-refractivity contribution in [3.05, 3.63) is 74.5 Å². The smallest absolute Gasteiger partial charge is 0.262 e. The molecule has 1 aliphatic carbocycles. The number of carbonyl (C=O) groups is 5. The zero-order chi connectivity index (χ0) is 45.0. The Morgan fingerprint density at radius 1 is 0.875 bits per heavy atom. The van der Waals surface area contributed by atoms with Gasteiger partial charge in [0.1, 0.15) is 17.5 Å². The van der Waals surface area contributed by atoms with Crippen LogP contribution >= 0.6 is 11.3 Å². The summed E-state index contributed by atoms with van der Waals surface area (Å²) in [4.78, 5) is 88.8. The number of imide groups is 2. The number of piperazine rings is 1. The molecule has 4 fully saturated rings. The lowest BCUT2D eigenvalue weighted by Crippen LogP contribution is -2.54. The van der Waals surface area contributed by atoms with Crippen molar-refractivity contribution in [2.45, 2.75) is 57.2 Å². The quantitative estimate of drug-likeness (QED) is 0.199. The molecule has 6 heterocycles. The van der Waals surface area contributed by atoms with Gasteiger partial charge in [-0.25, -0.2) is 0 Å². The number of methoxy groups -OCH3 is 2. The Kier molecular flexibility index (Phi) is 11.9. The van der Waals surface area contributed by atoms with Gasteiger partial charge in [0.05, 0.1) is 41.2 Å². The highest BCUT2D eigenvalue weighted by molar-refractivity contribution is 7.21. The summed E-state index contributed by atoms with van der Waals surface area (Å²) in [6.07, 6.45) is 6.07. The van der Waals surface area contributed by atoms with Gasteiger partial charge in [-0.05, 0) is 100 Å². The highest BCUT2D eigenvalue weighted by Gasteiger charge is 2.46. The largest absolute Gasteiger partial charge is 0.496 e. The second-order valence-electron chi connectivity index (χ2n) is 18.4. The topological polar surface area (TPSA) is 166 Å². The highest BCUT2D eigenvalue weighted by Crippen LogP contribution is 2.46. The molecule has 3 saturated heterocycles. The van der Waals surface area contributed by atoms with Gasteiger partial charge in [-0.15, -0.1) is 11.3 Å². The standard InChI is InChI=1S/C47H56N8O8S/c1-50(2)25-35-37(62-4)20-28(21-38(35)63-5)34-26-51(3)44(59)33-23-39(64-41(33)34)43(58)48-29-10-11-47(24-29)12-13-53(27-47)15-14-52-16-18-54(19-17-52)30-6-7-31-32(22-30)46(61)55(45(31)60)36-8-9-40(56)49-42(36)57/h6-7,20-23,26,29,36H,8-19,24-25,27H2,1-5H3,(H,48,58)(H,49,56,57). The molecule has 16 nitrogen and oxygen atoms in total. The molecule has 1 spiro atoms. The lowest BCUT2D eigenvalue weighted by atomic mass is 9.85. The number of likely N-dealkylation sites (tertiary alicyclic amines) is 1. The summed E-state index contributed by atoms with van der Waals surface area (Å²) in [6, 6.07) is 10.1. The summed E-state index contributed by atoms with van der Waals surface area (Å²) < 4.78 is 13.9. The van der Waals surface area contributed by atoms with Crippen LogP contribution in [0.25, 0.3) is 21.2 Å². The number of aryl methyl sites for hydroxylation is 1. The van der Waals surface area contributed by atoms with E-state index in [0.717, 1.165) is 110 Å². The fourth-order valence-corrected chi connectivity index (χ4v) is 11.6. The molecule has 2 N–H and O–H groups in total. The Bertz CT molecular complexity index is 2590. The van der Waals surface area contributed by atoms with Crippen molar-refractivity contribution in [1.82, 2.24) is 34.8 Å². The Balaban J connectivity index is 0.779. The van der Waals surface area contributed by atoms with Crippen LogP contribution in [-0.4, -0.2) is 146 Å². The van der Waals surface area contributed by atoms with E-state index in [1.807, 2.05) is 38.5 Å². The number of pyridine rings is 1. The fraction of sp³-hybridized carbons (Fsp3) is 0.489. The van der Waals surface area contributed by atoms with Crippen LogP contribution in [0, 0.1) is 5.41 Å². The number of hydrogen-bond donors (Lipinski definition) is 2. The van der Waals surface area contributed by atoms with Crippen molar-refractivity contribution >= 4 is 56.6 Å². The van der Waals surface area contributed by atoms with E-state index in [1.54, 1.807) is 44.0 Å². The summed E-state index contributed by atoms with van der Waals surface area (Å²) in [5.41, 5.74) is 4.09. The van der Waals surface area contributed by atoms with Crippen LogP contribution in [0.4, 0.5) is 5.69 Å². The summed E-state index contributed by atoms with van der Waals surface area (Å²) in [6.45, 7) is 7.92. The van der Waals surface area contributed by atoms with E-state index >= 15 is 0 Å². The van der Waals surface area contributed by atoms with E-state index in [-0.39, 0.29) is 41.3 Å². The number of rotatable bonds is 12. The molecular weight excluding hydrogens is 837 g/mol. The Hall–Kier alpha value is -5.62. The maximum Gasteiger partial charge on any atom is 0.262 e. The zero-order valence-corrected chi connectivity index (χ0v) is 38.0. The summed E-state index contributed by atoms with van der Waals surface area (Å²) in [5, 5.41) is 6.10. The first-order valence-electron chi connectivity index (χ1n) is 22.1. The molecule has 338 valence electrons. The molecule has 3 atom stereocenters. The zero-order valence-electron chi connectivity index (χ0n) is 37.2. The first-order valence-corrected chi connectivity index (χ1v) is 23.0. The maximum absolute atomic E-state index is 13.9. The van der Waals surface area contributed by atoms with E-state index in [2.05, 4.69) is 30.2 Å². The number of benzene rings is 2. The van der Waals surface area contributed by atoms with Crippen molar-refractivity contribution in [2.24, 2.45) is 12.5 Å². The van der Waals surface area contributed by atoms with E-state index in [4.69, 9.17) is 9.47 Å². The average molecular weight is 893 g/mol. The van der Waals surface area contributed by atoms with Crippen LogP contribution < -0.4 is 30.6 Å². The number of hydrogen-bond acceptors (Lipinski definition) is 13. The molecule has 4 aromatic rings. The molecule has 2 aromatic heterocycles. The van der Waals surface area contributed by atoms with Gasteiger partial charge in [0.2, 0.25) is 11.8 Å². The Labute approximate surface area is 376 Å². The van der Waals surface area contributed by atoms with Crippen molar-refractivity contribution in [3.63, 3.8) is 0 Å². The van der Waals surface area contributed by atoms with Gasteiger partial charge in [-0.1, -0.05) is 0 Å². The molecule has 5 aliphatic rings. The number of amides is 5. The molecule has 64 heavy (non-hydrogen) atoms. The maximum atomic E-state index is 13.9. The third kappa shape index (κ3) is 8.18. The summed E-state index contributed by atoms with van der Waals surface area (Å²) in [7, 11) is 8.99. The number of fused-ring (bicyclic) bond motifs is 2. The van der Waals surface area contributed by atoms with Crippen LogP contribution in [0.5, 0.6) is 11.5 Å². The van der Waals surface area contributed by atoms with Gasteiger partial charge in [-0.2, -0.15) is 0 Å². The van der Waals surface area contributed by atoms with Crippen molar-refractivity contribution in [2.75, 3.05) is 85.6 Å². The van der Waals surface area contributed by atoms with E-state index in [0.29, 0.717) is 33.9 Å². The third-order valence-electron chi connectivity index (χ3n) is 13.9. The Morgan fingerprint density at radius 3 is 2.30 bits per heavy atom.